The summed E-state index contributed by atoms with van der Waals surface area (Å²) in [5, 5.41) is 1.95. The Bertz CT molecular complexity index is 1510. The molecule has 3 aromatic carbocycles. The molecule has 0 N–H and O–H groups in total. The first-order valence-electron chi connectivity index (χ1n) is 10.1. The van der Waals surface area contributed by atoms with E-state index in [0.717, 1.165) is 22.0 Å². The van der Waals surface area contributed by atoms with Gasteiger partial charge < -0.3 is 0 Å². The molecule has 5 aromatic rings. The first kappa shape index (κ1) is 18.3. The standard InChI is InChI=1S/C27H17NO2Se/c1-28-19(14-25-23(28)15-24(31-25)16-7-3-2-4-8-16)13-22-26(29)20-11-17-9-5-6-10-18(17)12-21(20)27(22)30/h2-15H,1H3. The van der Waals surface area contributed by atoms with Crippen LogP contribution in [0.4, 0.5) is 0 Å². The van der Waals surface area contributed by atoms with Gasteiger partial charge in [0, 0.05) is 0 Å². The van der Waals surface area contributed by atoms with Crippen LogP contribution in [-0.4, -0.2) is 30.6 Å². The molecule has 148 valence electrons. The van der Waals surface area contributed by atoms with E-state index in [-0.39, 0.29) is 31.6 Å². The minimum absolute atomic E-state index is 0.182. The maximum atomic E-state index is 13.1. The van der Waals surface area contributed by atoms with E-state index in [9.17, 15) is 9.59 Å². The molecular weight excluding hydrogens is 449 g/mol. The SMILES string of the molecule is Cn1c(C=C2C(=O)c3cc4ccccc4cc3C2=O)cc2[se]c(-c3ccccc3)cc21. The van der Waals surface area contributed by atoms with Gasteiger partial charge in [0.15, 0.2) is 0 Å². The van der Waals surface area contributed by atoms with E-state index >= 15 is 0 Å². The first-order valence-corrected chi connectivity index (χ1v) is 11.8. The number of aryl methyl sites for hydroxylation is 1. The van der Waals surface area contributed by atoms with Crippen molar-refractivity contribution in [2.24, 2.45) is 7.05 Å². The fourth-order valence-corrected chi connectivity index (χ4v) is 6.70. The molecule has 3 nitrogen and oxygen atoms in total. The number of carbonyl (C=O) groups excluding carboxylic acids is 2. The van der Waals surface area contributed by atoms with Gasteiger partial charge in [-0.25, -0.2) is 0 Å². The van der Waals surface area contributed by atoms with Gasteiger partial charge in [-0.05, 0) is 0 Å². The van der Waals surface area contributed by atoms with Crippen molar-refractivity contribution >= 4 is 52.7 Å². The van der Waals surface area contributed by atoms with Gasteiger partial charge >= 0.3 is 185 Å². The van der Waals surface area contributed by atoms with Crippen LogP contribution in [0.2, 0.25) is 0 Å². The molecule has 0 fully saturated rings. The summed E-state index contributed by atoms with van der Waals surface area (Å²) in [4.78, 5) is 26.1. The van der Waals surface area contributed by atoms with Gasteiger partial charge in [-0.3, -0.25) is 0 Å². The summed E-state index contributed by atoms with van der Waals surface area (Å²) in [6, 6.07) is 26.3. The number of hydrogen-bond donors (Lipinski definition) is 0. The number of ketones is 2. The zero-order chi connectivity index (χ0) is 21.1. The molecule has 31 heavy (non-hydrogen) atoms. The van der Waals surface area contributed by atoms with E-state index in [4.69, 9.17) is 0 Å². The first-order chi connectivity index (χ1) is 15.1. The maximum absolute atomic E-state index is 13.1. The molecule has 2 aromatic heterocycles. The van der Waals surface area contributed by atoms with E-state index < -0.39 is 0 Å². The van der Waals surface area contributed by atoms with Gasteiger partial charge in [-0.15, -0.1) is 0 Å². The molecule has 0 aliphatic heterocycles. The molecule has 0 spiro atoms. The van der Waals surface area contributed by atoms with Crippen LogP contribution in [-0.2, 0) is 7.05 Å². The van der Waals surface area contributed by atoms with Crippen molar-refractivity contribution in [1.29, 1.82) is 0 Å². The summed E-state index contributed by atoms with van der Waals surface area (Å²) in [6.07, 6.45) is 1.76. The molecule has 1 aliphatic rings. The van der Waals surface area contributed by atoms with Gasteiger partial charge in [0.2, 0.25) is 0 Å². The van der Waals surface area contributed by atoms with Crippen LogP contribution in [0, 0.1) is 0 Å². The molecule has 0 saturated carbocycles. The third-order valence-corrected chi connectivity index (χ3v) is 8.33. The minimum atomic E-state index is -0.182. The zero-order valence-electron chi connectivity index (χ0n) is 16.8. The summed E-state index contributed by atoms with van der Waals surface area (Å²) < 4.78 is 4.71. The molecule has 6 rings (SSSR count). The summed E-state index contributed by atoms with van der Waals surface area (Å²) in [7, 11) is 2.00. The number of fused-ring (bicyclic) bond motifs is 3. The molecule has 0 radical (unpaired) electrons. The number of aromatic nitrogens is 1. The summed E-state index contributed by atoms with van der Waals surface area (Å²) in [5.74, 6) is -0.365. The Labute approximate surface area is 185 Å². The van der Waals surface area contributed by atoms with Crippen LogP contribution < -0.4 is 0 Å². The van der Waals surface area contributed by atoms with Gasteiger partial charge in [-0.1, -0.05) is 0 Å². The van der Waals surface area contributed by atoms with Gasteiger partial charge in [0.05, 0.1) is 0 Å². The Balaban J connectivity index is 1.43. The second kappa shape index (κ2) is 6.78. The fourth-order valence-electron chi connectivity index (χ4n) is 4.30. The van der Waals surface area contributed by atoms with Gasteiger partial charge in [-0.2, -0.15) is 0 Å². The van der Waals surface area contributed by atoms with E-state index in [1.807, 2.05) is 49.5 Å². The quantitative estimate of drug-likeness (QED) is 0.195. The molecule has 2 heterocycles. The Morgan fingerprint density at radius 3 is 2.00 bits per heavy atom. The van der Waals surface area contributed by atoms with E-state index in [1.54, 1.807) is 6.08 Å². The number of hydrogen-bond acceptors (Lipinski definition) is 2. The van der Waals surface area contributed by atoms with Gasteiger partial charge in [0.1, 0.15) is 0 Å². The van der Waals surface area contributed by atoms with Crippen LogP contribution in [0.1, 0.15) is 26.4 Å². The Hall–Kier alpha value is -3.46. The summed E-state index contributed by atoms with van der Waals surface area (Å²) in [6.45, 7) is 0. The van der Waals surface area contributed by atoms with Crippen molar-refractivity contribution in [1.82, 2.24) is 4.57 Å². The number of allylic oxidation sites excluding steroid dienone is 1. The fraction of sp³-hybridized carbons (Fsp3) is 0.0370. The monoisotopic (exact) mass is 467 g/mol. The Morgan fingerprint density at radius 2 is 1.39 bits per heavy atom. The van der Waals surface area contributed by atoms with E-state index in [0.29, 0.717) is 11.1 Å². The molecular formula is C27H17NO2Se. The molecule has 0 bridgehead atoms. The second-order valence-electron chi connectivity index (χ2n) is 7.82. The molecule has 0 unspecified atom stereocenters. The average molecular weight is 466 g/mol. The van der Waals surface area contributed by atoms with Crippen molar-refractivity contribution in [2.75, 3.05) is 0 Å². The molecule has 0 saturated heterocycles. The Morgan fingerprint density at radius 1 is 0.774 bits per heavy atom. The molecule has 4 heteroatoms. The Kier molecular flexibility index (Phi) is 4.01. The number of benzene rings is 3. The van der Waals surface area contributed by atoms with Crippen molar-refractivity contribution in [3.05, 3.63) is 101 Å². The third kappa shape index (κ3) is 2.80. The van der Waals surface area contributed by atoms with E-state index in [1.165, 1.54) is 14.3 Å². The van der Waals surface area contributed by atoms with Crippen molar-refractivity contribution in [3.63, 3.8) is 0 Å². The second-order valence-corrected chi connectivity index (χ2v) is 10.1. The molecule has 0 atom stereocenters. The number of rotatable bonds is 2. The van der Waals surface area contributed by atoms with Crippen molar-refractivity contribution in [2.45, 2.75) is 0 Å². The van der Waals surface area contributed by atoms with Crippen LogP contribution in [0.3, 0.4) is 0 Å². The summed E-state index contributed by atoms with van der Waals surface area (Å²) in [5.41, 5.74) is 4.57. The van der Waals surface area contributed by atoms with Crippen molar-refractivity contribution < 1.29 is 9.59 Å². The number of Topliss-reactive ketones (excluding diaryl/α,β-unsaturated/α-hetero) is 2. The van der Waals surface area contributed by atoms with Crippen LogP contribution in [0.25, 0.3) is 36.6 Å². The van der Waals surface area contributed by atoms with Crippen LogP contribution in [0.5, 0.6) is 0 Å². The zero-order valence-corrected chi connectivity index (χ0v) is 18.5. The number of nitrogens with zero attached hydrogens (tertiary/aromatic N) is 1. The normalized spacial score (nSPS) is 13.4. The van der Waals surface area contributed by atoms with Gasteiger partial charge in [0.25, 0.3) is 0 Å². The predicted octanol–water partition coefficient (Wildman–Crippen LogP) is 5.52. The molecule has 1 aliphatic carbocycles. The molecule has 0 amide bonds. The summed E-state index contributed by atoms with van der Waals surface area (Å²) >= 11 is 0.204. The van der Waals surface area contributed by atoms with Crippen LogP contribution in [0.15, 0.2) is 84.4 Å². The van der Waals surface area contributed by atoms with Crippen molar-refractivity contribution in [3.8, 4) is 10.0 Å². The third-order valence-electron chi connectivity index (χ3n) is 5.98. The van der Waals surface area contributed by atoms with Crippen LogP contribution >= 0.6 is 0 Å². The topological polar surface area (TPSA) is 39.1 Å². The number of carbonyl (C=O) groups is 2. The predicted molar refractivity (Wildman–Crippen MR) is 126 cm³/mol. The average Bonchev–Trinajstić information content (AvgIpc) is 3.41. The van der Waals surface area contributed by atoms with E-state index in [2.05, 4.69) is 41.0 Å².